The molecule has 0 radical (unpaired) electrons. The van der Waals surface area contributed by atoms with E-state index < -0.39 is 0 Å². The summed E-state index contributed by atoms with van der Waals surface area (Å²) in [6.07, 6.45) is 2.84. The van der Waals surface area contributed by atoms with Crippen LogP contribution in [0.3, 0.4) is 0 Å². The molecule has 0 aliphatic carbocycles. The number of carbonyl (C=O) groups is 1. The van der Waals surface area contributed by atoms with E-state index in [-0.39, 0.29) is 23.9 Å². The van der Waals surface area contributed by atoms with Gasteiger partial charge in [0.2, 0.25) is 5.91 Å². The molecular weight excluding hydrogens is 236 g/mol. The summed E-state index contributed by atoms with van der Waals surface area (Å²) in [6, 6.07) is 0. The molecule has 0 aliphatic rings. The van der Waals surface area contributed by atoms with Crippen molar-refractivity contribution in [3.8, 4) is 0 Å². The third-order valence-electron chi connectivity index (χ3n) is 3.44. The standard InChI is InChI=1S/C13H28N2O.ClH/c1-6-7-11(4)8-12(16)15-13(5,9-14)10(2)3;/h10-11H,6-9,14H2,1-5H3,(H,15,16);1H. The molecule has 2 unspecified atom stereocenters. The second-order valence-electron chi connectivity index (χ2n) is 5.42. The Bertz CT molecular complexity index is 221. The average molecular weight is 265 g/mol. The average Bonchev–Trinajstić information content (AvgIpc) is 2.17. The molecule has 0 saturated carbocycles. The molecule has 0 aliphatic heterocycles. The maximum atomic E-state index is 11.8. The third kappa shape index (κ3) is 6.89. The van der Waals surface area contributed by atoms with Crippen LogP contribution in [0, 0.1) is 11.8 Å². The van der Waals surface area contributed by atoms with Gasteiger partial charge in [0.05, 0.1) is 5.54 Å². The van der Waals surface area contributed by atoms with Crippen LogP contribution in [-0.2, 0) is 4.79 Å². The zero-order chi connectivity index (χ0) is 12.8. The summed E-state index contributed by atoms with van der Waals surface area (Å²) >= 11 is 0. The van der Waals surface area contributed by atoms with Gasteiger partial charge in [-0.2, -0.15) is 0 Å². The number of hydrogen-bond donors (Lipinski definition) is 2. The van der Waals surface area contributed by atoms with E-state index in [0.717, 1.165) is 12.8 Å². The number of amides is 1. The molecule has 0 aromatic carbocycles. The van der Waals surface area contributed by atoms with Crippen LogP contribution < -0.4 is 11.1 Å². The molecular formula is C13H29ClN2O. The lowest BCUT2D eigenvalue weighted by Gasteiger charge is -2.34. The van der Waals surface area contributed by atoms with Gasteiger partial charge < -0.3 is 11.1 Å². The first-order valence-electron chi connectivity index (χ1n) is 6.36. The summed E-state index contributed by atoms with van der Waals surface area (Å²) in [4.78, 5) is 11.8. The molecule has 4 heteroatoms. The lowest BCUT2D eigenvalue weighted by Crippen LogP contribution is -2.55. The maximum Gasteiger partial charge on any atom is 0.220 e. The molecule has 0 heterocycles. The Hall–Kier alpha value is -0.280. The van der Waals surface area contributed by atoms with Crippen molar-refractivity contribution in [1.29, 1.82) is 0 Å². The van der Waals surface area contributed by atoms with Crippen LogP contribution >= 0.6 is 12.4 Å². The highest BCUT2D eigenvalue weighted by molar-refractivity contribution is 5.85. The first-order chi connectivity index (χ1) is 7.35. The summed E-state index contributed by atoms with van der Waals surface area (Å²) in [5, 5.41) is 3.07. The highest BCUT2D eigenvalue weighted by atomic mass is 35.5. The Balaban J connectivity index is 0. The molecule has 104 valence electrons. The third-order valence-corrected chi connectivity index (χ3v) is 3.44. The van der Waals surface area contributed by atoms with Crippen molar-refractivity contribution >= 4 is 18.3 Å². The van der Waals surface area contributed by atoms with Crippen molar-refractivity contribution in [1.82, 2.24) is 5.32 Å². The fraction of sp³-hybridized carbons (Fsp3) is 0.923. The van der Waals surface area contributed by atoms with Gasteiger partial charge in [0, 0.05) is 13.0 Å². The minimum absolute atomic E-state index is 0. The number of nitrogens with two attached hydrogens (primary N) is 1. The zero-order valence-corrected chi connectivity index (χ0v) is 12.7. The van der Waals surface area contributed by atoms with Crippen LogP contribution in [0.25, 0.3) is 0 Å². The number of rotatable bonds is 7. The van der Waals surface area contributed by atoms with Crippen molar-refractivity contribution < 1.29 is 4.79 Å². The number of nitrogens with one attached hydrogen (secondary N) is 1. The molecule has 1 amide bonds. The molecule has 17 heavy (non-hydrogen) atoms. The zero-order valence-electron chi connectivity index (χ0n) is 11.9. The van der Waals surface area contributed by atoms with E-state index in [0.29, 0.717) is 24.8 Å². The second-order valence-corrected chi connectivity index (χ2v) is 5.42. The van der Waals surface area contributed by atoms with Crippen LogP contribution in [0.5, 0.6) is 0 Å². The number of hydrogen-bond acceptors (Lipinski definition) is 2. The Kier molecular flexibility index (Phi) is 9.82. The fourth-order valence-electron chi connectivity index (χ4n) is 1.71. The quantitative estimate of drug-likeness (QED) is 0.743. The van der Waals surface area contributed by atoms with E-state index in [1.807, 2.05) is 6.92 Å². The lowest BCUT2D eigenvalue weighted by atomic mass is 9.88. The molecule has 0 aromatic heterocycles. The van der Waals surface area contributed by atoms with E-state index in [9.17, 15) is 4.79 Å². The van der Waals surface area contributed by atoms with Crippen LogP contribution in [0.4, 0.5) is 0 Å². The van der Waals surface area contributed by atoms with Crippen molar-refractivity contribution in [3.05, 3.63) is 0 Å². The minimum atomic E-state index is -0.275. The topological polar surface area (TPSA) is 55.1 Å². The largest absolute Gasteiger partial charge is 0.349 e. The first kappa shape index (κ1) is 19.1. The van der Waals surface area contributed by atoms with Gasteiger partial charge in [0.1, 0.15) is 0 Å². The van der Waals surface area contributed by atoms with E-state index in [4.69, 9.17) is 5.73 Å². The smallest absolute Gasteiger partial charge is 0.220 e. The Morgan fingerprint density at radius 2 is 1.88 bits per heavy atom. The van der Waals surface area contributed by atoms with Crippen molar-refractivity contribution in [2.75, 3.05) is 6.54 Å². The lowest BCUT2D eigenvalue weighted by molar-refractivity contribution is -0.124. The molecule has 0 spiro atoms. The van der Waals surface area contributed by atoms with Gasteiger partial charge in [0.15, 0.2) is 0 Å². The molecule has 2 atom stereocenters. The molecule has 0 aromatic rings. The maximum absolute atomic E-state index is 11.8. The van der Waals surface area contributed by atoms with Crippen molar-refractivity contribution in [3.63, 3.8) is 0 Å². The highest BCUT2D eigenvalue weighted by Crippen LogP contribution is 2.16. The van der Waals surface area contributed by atoms with Crippen molar-refractivity contribution in [2.24, 2.45) is 17.6 Å². The van der Waals surface area contributed by atoms with Gasteiger partial charge in [-0.25, -0.2) is 0 Å². The van der Waals surface area contributed by atoms with E-state index in [2.05, 4.69) is 33.0 Å². The minimum Gasteiger partial charge on any atom is -0.349 e. The molecule has 3 N–H and O–H groups in total. The number of carbonyl (C=O) groups excluding carboxylic acids is 1. The van der Waals surface area contributed by atoms with Crippen LogP contribution in [-0.4, -0.2) is 18.0 Å². The Morgan fingerprint density at radius 1 is 1.35 bits per heavy atom. The SMILES string of the molecule is CCCC(C)CC(=O)NC(C)(CN)C(C)C.Cl. The van der Waals surface area contributed by atoms with Gasteiger partial charge in [-0.3, -0.25) is 4.79 Å². The van der Waals surface area contributed by atoms with E-state index in [1.54, 1.807) is 0 Å². The second kappa shape index (κ2) is 8.76. The van der Waals surface area contributed by atoms with Gasteiger partial charge >= 0.3 is 0 Å². The summed E-state index contributed by atoms with van der Waals surface area (Å²) in [5.74, 6) is 0.935. The highest BCUT2D eigenvalue weighted by Gasteiger charge is 2.28. The monoisotopic (exact) mass is 264 g/mol. The molecule has 0 bridgehead atoms. The first-order valence-corrected chi connectivity index (χ1v) is 6.36. The van der Waals surface area contributed by atoms with E-state index >= 15 is 0 Å². The Labute approximate surface area is 112 Å². The summed E-state index contributed by atoms with van der Waals surface area (Å²) in [6.45, 7) is 10.9. The van der Waals surface area contributed by atoms with Gasteiger partial charge in [-0.15, -0.1) is 12.4 Å². The van der Waals surface area contributed by atoms with Crippen LogP contribution in [0.1, 0.15) is 53.9 Å². The summed E-state index contributed by atoms with van der Waals surface area (Å²) < 4.78 is 0. The fourth-order valence-corrected chi connectivity index (χ4v) is 1.71. The predicted octanol–water partition coefficient (Wildman–Crippen LogP) is 2.72. The molecule has 3 nitrogen and oxygen atoms in total. The predicted molar refractivity (Wildman–Crippen MR) is 76.4 cm³/mol. The summed E-state index contributed by atoms with van der Waals surface area (Å²) in [7, 11) is 0. The summed E-state index contributed by atoms with van der Waals surface area (Å²) in [5.41, 5.74) is 5.46. The molecule has 0 saturated heterocycles. The van der Waals surface area contributed by atoms with Gasteiger partial charge in [0.25, 0.3) is 0 Å². The van der Waals surface area contributed by atoms with Crippen molar-refractivity contribution in [2.45, 2.75) is 59.4 Å². The van der Waals surface area contributed by atoms with Crippen LogP contribution in [0.15, 0.2) is 0 Å². The normalized spacial score (nSPS) is 15.9. The number of halogens is 1. The molecule has 0 fully saturated rings. The Morgan fingerprint density at radius 3 is 2.24 bits per heavy atom. The van der Waals surface area contributed by atoms with Gasteiger partial charge in [-0.05, 0) is 18.8 Å². The van der Waals surface area contributed by atoms with E-state index in [1.165, 1.54) is 0 Å². The van der Waals surface area contributed by atoms with Gasteiger partial charge in [-0.1, -0.05) is 40.5 Å². The molecule has 0 rings (SSSR count). The van der Waals surface area contributed by atoms with Crippen LogP contribution in [0.2, 0.25) is 0 Å².